The zero-order valence-corrected chi connectivity index (χ0v) is 46.6. The molecule has 3 saturated carbocycles. The lowest BCUT2D eigenvalue weighted by Crippen LogP contribution is -1.85. The standard InChI is InChI=1S/3C10H20.3C10H22.C2H6O/c3*1-2-4-6-8-10-9-7-5-3-1;3*1-3-5-7-9-10-8-6-4-2;1-3-2/h3*1-10H2;3*3-10H2,1-2H3;1-2H3. The second-order valence-corrected chi connectivity index (χ2v) is 20.4. The van der Waals surface area contributed by atoms with Gasteiger partial charge in [-0.1, -0.05) is 388 Å². The zero-order chi connectivity index (χ0) is 46.9. The van der Waals surface area contributed by atoms with E-state index in [1.54, 1.807) is 14.2 Å². The van der Waals surface area contributed by atoms with E-state index in [2.05, 4.69) is 46.3 Å². The minimum absolute atomic E-state index is 1.37. The molecule has 0 bridgehead atoms. The van der Waals surface area contributed by atoms with Crippen molar-refractivity contribution in [3.8, 4) is 0 Å². The first kappa shape index (κ1) is 69.5. The SMILES string of the molecule is C1CCCCCCCCC1.C1CCCCCCCCC1.C1CCCCCCCCC1.CCCCCCCCCC.CCCCCCCCCC.CCCCCCCCCC.COC. The summed E-state index contributed by atoms with van der Waals surface area (Å²) in [7, 11) is 3.25. The molecule has 3 rings (SSSR count). The Labute approximate surface area is 405 Å². The van der Waals surface area contributed by atoms with E-state index in [1.807, 2.05) is 0 Å². The summed E-state index contributed by atoms with van der Waals surface area (Å²) in [5.74, 6) is 0. The fraction of sp³-hybridized carbons (Fsp3) is 1.00. The molecule has 3 aliphatic carbocycles. The summed E-state index contributed by atoms with van der Waals surface area (Å²) in [6, 6.07) is 0. The number of ether oxygens (including phenoxy) is 1. The number of hydrogen-bond donors (Lipinski definition) is 0. The van der Waals surface area contributed by atoms with Crippen molar-refractivity contribution in [1.82, 2.24) is 0 Å². The van der Waals surface area contributed by atoms with Gasteiger partial charge in [0.05, 0.1) is 0 Å². The van der Waals surface area contributed by atoms with Gasteiger partial charge in [0.2, 0.25) is 0 Å². The third kappa shape index (κ3) is 85.8. The van der Waals surface area contributed by atoms with Crippen LogP contribution in [-0.4, -0.2) is 14.2 Å². The molecule has 1 heteroatoms. The van der Waals surface area contributed by atoms with Crippen molar-refractivity contribution in [2.24, 2.45) is 0 Å². The molecule has 1 nitrogen and oxygen atoms in total. The zero-order valence-electron chi connectivity index (χ0n) is 46.6. The molecule has 0 atom stereocenters. The number of rotatable bonds is 21. The summed E-state index contributed by atoms with van der Waals surface area (Å²) in [5.41, 5.74) is 0. The second kappa shape index (κ2) is 76.2. The third-order valence-corrected chi connectivity index (χ3v) is 13.4. The highest BCUT2D eigenvalue weighted by Gasteiger charge is 1.98. The highest BCUT2D eigenvalue weighted by molar-refractivity contribution is 4.54. The van der Waals surface area contributed by atoms with Crippen molar-refractivity contribution in [1.29, 1.82) is 0 Å². The Morgan fingerprint density at radius 2 is 0.222 bits per heavy atom. The quantitative estimate of drug-likeness (QED) is 0.104. The molecule has 0 unspecified atom stereocenters. The lowest BCUT2D eigenvalue weighted by Gasteiger charge is -2.05. The molecule has 63 heavy (non-hydrogen) atoms. The van der Waals surface area contributed by atoms with Crippen molar-refractivity contribution >= 4 is 0 Å². The smallest absolute Gasteiger partial charge is 0.0351 e. The third-order valence-electron chi connectivity index (χ3n) is 13.4. The van der Waals surface area contributed by atoms with E-state index < -0.39 is 0 Å². The van der Waals surface area contributed by atoms with E-state index in [1.165, 1.54) is 347 Å². The van der Waals surface area contributed by atoms with E-state index in [4.69, 9.17) is 0 Å². The van der Waals surface area contributed by atoms with Crippen molar-refractivity contribution in [2.75, 3.05) is 14.2 Å². The molecular weight excluding hydrogens is 761 g/mol. The molecule has 0 aromatic heterocycles. The lowest BCUT2D eigenvalue weighted by molar-refractivity contribution is 0.277. The molecule has 3 fully saturated rings. The predicted octanol–water partition coefficient (Wildman–Crippen LogP) is 24.4. The van der Waals surface area contributed by atoms with E-state index >= 15 is 0 Å². The largest absolute Gasteiger partial charge is 0.388 e. The Balaban J connectivity index is -0.000000327. The number of unbranched alkanes of at least 4 members (excludes halogenated alkanes) is 21. The van der Waals surface area contributed by atoms with Crippen LogP contribution in [0.15, 0.2) is 0 Å². The fourth-order valence-electron chi connectivity index (χ4n) is 8.92. The molecule has 0 radical (unpaired) electrons. The van der Waals surface area contributed by atoms with Crippen molar-refractivity contribution in [2.45, 2.75) is 388 Å². The monoisotopic (exact) mass is 893 g/mol. The van der Waals surface area contributed by atoms with Gasteiger partial charge in [0.1, 0.15) is 0 Å². The highest BCUT2D eigenvalue weighted by Crippen LogP contribution is 2.18. The molecule has 0 spiro atoms. The van der Waals surface area contributed by atoms with Gasteiger partial charge in [-0.2, -0.15) is 0 Å². The van der Waals surface area contributed by atoms with Crippen LogP contribution < -0.4 is 0 Å². The fourth-order valence-corrected chi connectivity index (χ4v) is 8.92. The Hall–Kier alpha value is -0.0400. The van der Waals surface area contributed by atoms with Crippen LogP contribution in [0, 0.1) is 0 Å². The van der Waals surface area contributed by atoms with Crippen molar-refractivity contribution in [3.05, 3.63) is 0 Å². The predicted molar refractivity (Wildman–Crippen MR) is 296 cm³/mol. The van der Waals surface area contributed by atoms with Gasteiger partial charge >= 0.3 is 0 Å². The molecule has 0 saturated heterocycles. The molecule has 0 N–H and O–H groups in total. The maximum Gasteiger partial charge on any atom is 0.0351 e. The summed E-state index contributed by atoms with van der Waals surface area (Å²) < 4.78 is 4.25. The van der Waals surface area contributed by atoms with Crippen LogP contribution in [-0.2, 0) is 4.74 Å². The van der Waals surface area contributed by atoms with Crippen LogP contribution >= 0.6 is 0 Å². The van der Waals surface area contributed by atoms with Crippen LogP contribution in [0.2, 0.25) is 0 Å². The van der Waals surface area contributed by atoms with Gasteiger partial charge in [0, 0.05) is 14.2 Å². The summed E-state index contributed by atoms with van der Waals surface area (Å²) >= 11 is 0. The minimum Gasteiger partial charge on any atom is -0.388 e. The lowest BCUT2D eigenvalue weighted by atomic mass is 10.0. The molecule has 0 aliphatic heterocycles. The summed E-state index contributed by atoms with van der Waals surface area (Å²) in [5, 5.41) is 0. The first-order valence-corrected chi connectivity index (χ1v) is 30.6. The van der Waals surface area contributed by atoms with Gasteiger partial charge in [-0.3, -0.25) is 0 Å². The Kier molecular flexibility index (Phi) is 84.1. The Morgan fingerprint density at radius 1 is 0.159 bits per heavy atom. The van der Waals surface area contributed by atoms with Crippen molar-refractivity contribution < 1.29 is 4.74 Å². The van der Waals surface area contributed by atoms with E-state index in [9.17, 15) is 0 Å². The van der Waals surface area contributed by atoms with Crippen LogP contribution in [0.1, 0.15) is 388 Å². The number of hydrogen-bond acceptors (Lipinski definition) is 1. The Morgan fingerprint density at radius 3 is 0.286 bits per heavy atom. The molecule has 0 heterocycles. The van der Waals surface area contributed by atoms with Crippen LogP contribution in [0.4, 0.5) is 0 Å². The van der Waals surface area contributed by atoms with E-state index in [0.29, 0.717) is 0 Å². The highest BCUT2D eigenvalue weighted by atomic mass is 16.4. The normalized spacial score (nSPS) is 16.6. The molecule has 0 aromatic rings. The van der Waals surface area contributed by atoms with Crippen LogP contribution in [0.3, 0.4) is 0 Å². The van der Waals surface area contributed by atoms with E-state index in [-0.39, 0.29) is 0 Å². The second-order valence-electron chi connectivity index (χ2n) is 20.4. The van der Waals surface area contributed by atoms with Gasteiger partial charge in [-0.05, 0) is 0 Å². The summed E-state index contributed by atoms with van der Waals surface area (Å²) in [6.07, 6.45) is 79.4. The molecule has 386 valence electrons. The minimum atomic E-state index is 1.37. The summed E-state index contributed by atoms with van der Waals surface area (Å²) in [6.45, 7) is 13.6. The first-order valence-electron chi connectivity index (χ1n) is 30.6. The van der Waals surface area contributed by atoms with Gasteiger partial charge in [0.15, 0.2) is 0 Å². The molecule has 0 amide bonds. The number of methoxy groups -OCH3 is 1. The van der Waals surface area contributed by atoms with E-state index in [0.717, 1.165) is 0 Å². The summed E-state index contributed by atoms with van der Waals surface area (Å²) in [4.78, 5) is 0. The first-order chi connectivity index (χ1) is 31.2. The average molecular weight is 894 g/mol. The van der Waals surface area contributed by atoms with Gasteiger partial charge < -0.3 is 4.74 Å². The van der Waals surface area contributed by atoms with Gasteiger partial charge in [-0.15, -0.1) is 0 Å². The average Bonchev–Trinajstić information content (AvgIpc) is 3.32. The topological polar surface area (TPSA) is 9.23 Å². The van der Waals surface area contributed by atoms with Gasteiger partial charge in [-0.25, -0.2) is 0 Å². The van der Waals surface area contributed by atoms with Crippen molar-refractivity contribution in [3.63, 3.8) is 0 Å². The molecule has 3 aliphatic rings. The molecule has 0 aromatic carbocycles. The Bertz CT molecular complexity index is 434. The van der Waals surface area contributed by atoms with Crippen LogP contribution in [0.5, 0.6) is 0 Å². The van der Waals surface area contributed by atoms with Crippen LogP contribution in [0.25, 0.3) is 0 Å². The molecular formula is C62H132O. The maximum absolute atomic E-state index is 4.25. The van der Waals surface area contributed by atoms with Gasteiger partial charge in [0.25, 0.3) is 0 Å². The maximum atomic E-state index is 4.25.